The van der Waals surface area contributed by atoms with Gasteiger partial charge in [-0.25, -0.2) is 0 Å². The van der Waals surface area contributed by atoms with E-state index in [0.717, 1.165) is 25.4 Å². The molecule has 1 rings (SSSR count). The summed E-state index contributed by atoms with van der Waals surface area (Å²) in [5.74, 6) is 1.78. The third kappa shape index (κ3) is 7.37. The molecule has 0 saturated heterocycles. The van der Waals surface area contributed by atoms with Crippen molar-refractivity contribution in [2.24, 2.45) is 11.8 Å². The van der Waals surface area contributed by atoms with E-state index >= 15 is 0 Å². The minimum atomic E-state index is -0.0543. The molecule has 1 fully saturated rings. The zero-order valence-corrected chi connectivity index (χ0v) is 11.6. The molecule has 0 bridgehead atoms. The van der Waals surface area contributed by atoms with Crippen LogP contribution < -0.4 is 10.6 Å². The quantitative estimate of drug-likeness (QED) is 0.607. The van der Waals surface area contributed by atoms with E-state index in [4.69, 9.17) is 0 Å². The van der Waals surface area contributed by atoms with Crippen LogP contribution in [0.25, 0.3) is 0 Å². The monoisotopic (exact) mass is 240 g/mol. The van der Waals surface area contributed by atoms with Crippen LogP contribution in [0.4, 0.5) is 0 Å². The summed E-state index contributed by atoms with van der Waals surface area (Å²) in [7, 11) is 0. The Morgan fingerprint density at radius 3 is 2.53 bits per heavy atom. The summed E-state index contributed by atoms with van der Waals surface area (Å²) in [5.41, 5.74) is 0. The van der Waals surface area contributed by atoms with E-state index in [-0.39, 0.29) is 11.9 Å². The Morgan fingerprint density at radius 2 is 1.94 bits per heavy atom. The Hall–Kier alpha value is -0.570. The van der Waals surface area contributed by atoms with E-state index < -0.39 is 0 Å². The van der Waals surface area contributed by atoms with Crippen LogP contribution in [0.3, 0.4) is 0 Å². The van der Waals surface area contributed by atoms with Crippen LogP contribution >= 0.6 is 0 Å². The number of carbonyl (C=O) groups excluding carboxylic acids is 1. The van der Waals surface area contributed by atoms with Crippen molar-refractivity contribution in [3.05, 3.63) is 0 Å². The first kappa shape index (κ1) is 14.5. The Balaban J connectivity index is 1.96. The van der Waals surface area contributed by atoms with Gasteiger partial charge >= 0.3 is 0 Å². The molecule has 0 spiro atoms. The topological polar surface area (TPSA) is 41.1 Å². The highest BCUT2D eigenvalue weighted by Crippen LogP contribution is 2.33. The predicted molar refractivity (Wildman–Crippen MR) is 71.9 cm³/mol. The van der Waals surface area contributed by atoms with Crippen LogP contribution in [0.5, 0.6) is 0 Å². The fraction of sp³-hybridized carbons (Fsp3) is 0.929. The average Bonchev–Trinajstić information content (AvgIpc) is 3.07. The van der Waals surface area contributed by atoms with E-state index in [2.05, 4.69) is 24.5 Å². The maximum Gasteiger partial charge on any atom is 0.236 e. The van der Waals surface area contributed by atoms with Crippen molar-refractivity contribution in [3.8, 4) is 0 Å². The molecule has 1 unspecified atom stereocenters. The second kappa shape index (κ2) is 7.70. The van der Waals surface area contributed by atoms with Crippen LogP contribution in [0.2, 0.25) is 0 Å². The SMILES string of the molecule is CC(C)CCNC(=O)C(C)NCCCC1CC1. The lowest BCUT2D eigenvalue weighted by Crippen LogP contribution is -2.43. The molecule has 1 saturated carbocycles. The molecule has 100 valence electrons. The van der Waals surface area contributed by atoms with Crippen molar-refractivity contribution in [3.63, 3.8) is 0 Å². The van der Waals surface area contributed by atoms with Gasteiger partial charge in [0.15, 0.2) is 0 Å². The van der Waals surface area contributed by atoms with Gasteiger partial charge in [-0.1, -0.05) is 26.7 Å². The first-order chi connectivity index (χ1) is 8.09. The van der Waals surface area contributed by atoms with Gasteiger partial charge in [0.25, 0.3) is 0 Å². The summed E-state index contributed by atoms with van der Waals surface area (Å²) >= 11 is 0. The highest BCUT2D eigenvalue weighted by Gasteiger charge is 2.20. The van der Waals surface area contributed by atoms with E-state index in [1.807, 2.05) is 6.92 Å². The molecule has 17 heavy (non-hydrogen) atoms. The minimum absolute atomic E-state index is 0.0543. The summed E-state index contributed by atoms with van der Waals surface area (Å²) in [5, 5.41) is 6.27. The zero-order chi connectivity index (χ0) is 12.7. The van der Waals surface area contributed by atoms with Gasteiger partial charge in [0.05, 0.1) is 6.04 Å². The maximum atomic E-state index is 11.7. The molecule has 0 aliphatic heterocycles. The zero-order valence-electron chi connectivity index (χ0n) is 11.6. The molecular weight excluding hydrogens is 212 g/mol. The molecule has 1 aliphatic carbocycles. The molecule has 1 aliphatic rings. The summed E-state index contributed by atoms with van der Waals surface area (Å²) in [6.07, 6.45) is 6.43. The Bertz CT molecular complexity index is 224. The standard InChI is InChI=1S/C14H28N2O/c1-11(2)8-10-16-14(17)12(3)15-9-4-5-13-6-7-13/h11-13,15H,4-10H2,1-3H3,(H,16,17). The van der Waals surface area contributed by atoms with Crippen molar-refractivity contribution >= 4 is 5.91 Å². The summed E-state index contributed by atoms with van der Waals surface area (Å²) < 4.78 is 0. The largest absolute Gasteiger partial charge is 0.355 e. The normalized spacial score (nSPS) is 17.2. The average molecular weight is 240 g/mol. The van der Waals surface area contributed by atoms with Gasteiger partial charge in [-0.05, 0) is 44.6 Å². The lowest BCUT2D eigenvalue weighted by molar-refractivity contribution is -0.122. The van der Waals surface area contributed by atoms with Crippen molar-refractivity contribution in [2.75, 3.05) is 13.1 Å². The van der Waals surface area contributed by atoms with Crippen molar-refractivity contribution in [1.82, 2.24) is 10.6 Å². The van der Waals surface area contributed by atoms with Crippen LogP contribution in [0.1, 0.15) is 52.9 Å². The summed E-state index contributed by atoms with van der Waals surface area (Å²) in [4.78, 5) is 11.7. The third-order valence-corrected chi connectivity index (χ3v) is 3.35. The van der Waals surface area contributed by atoms with Gasteiger partial charge in [-0.15, -0.1) is 0 Å². The number of hydrogen-bond donors (Lipinski definition) is 2. The molecule has 1 amide bonds. The molecule has 2 N–H and O–H groups in total. The number of rotatable bonds is 9. The molecular formula is C14H28N2O. The van der Waals surface area contributed by atoms with Crippen LogP contribution in [0, 0.1) is 11.8 Å². The maximum absolute atomic E-state index is 11.7. The fourth-order valence-corrected chi connectivity index (χ4v) is 1.85. The number of nitrogens with one attached hydrogen (secondary N) is 2. The first-order valence-electron chi connectivity index (χ1n) is 7.10. The van der Waals surface area contributed by atoms with E-state index in [1.165, 1.54) is 25.7 Å². The van der Waals surface area contributed by atoms with Gasteiger partial charge in [0.2, 0.25) is 5.91 Å². The fourth-order valence-electron chi connectivity index (χ4n) is 1.85. The van der Waals surface area contributed by atoms with Crippen LogP contribution in [-0.4, -0.2) is 25.0 Å². The summed E-state index contributed by atoms with van der Waals surface area (Å²) in [6, 6.07) is -0.0543. The minimum Gasteiger partial charge on any atom is -0.355 e. The molecule has 0 aromatic carbocycles. The molecule has 3 nitrogen and oxygen atoms in total. The highest BCUT2D eigenvalue weighted by atomic mass is 16.2. The highest BCUT2D eigenvalue weighted by molar-refractivity contribution is 5.81. The van der Waals surface area contributed by atoms with Crippen LogP contribution in [-0.2, 0) is 4.79 Å². The van der Waals surface area contributed by atoms with E-state index in [9.17, 15) is 4.79 Å². The van der Waals surface area contributed by atoms with Crippen molar-refractivity contribution in [1.29, 1.82) is 0 Å². The second-order valence-corrected chi connectivity index (χ2v) is 5.73. The van der Waals surface area contributed by atoms with E-state index in [0.29, 0.717) is 5.92 Å². The predicted octanol–water partition coefficient (Wildman–Crippen LogP) is 2.32. The van der Waals surface area contributed by atoms with Crippen molar-refractivity contribution < 1.29 is 4.79 Å². The third-order valence-electron chi connectivity index (χ3n) is 3.35. The van der Waals surface area contributed by atoms with Crippen molar-refractivity contribution in [2.45, 2.75) is 58.9 Å². The Kier molecular flexibility index (Phi) is 6.56. The number of carbonyl (C=O) groups is 1. The first-order valence-corrected chi connectivity index (χ1v) is 7.10. The van der Waals surface area contributed by atoms with E-state index in [1.54, 1.807) is 0 Å². The molecule has 1 atom stereocenters. The Labute approximate surface area is 106 Å². The van der Waals surface area contributed by atoms with Gasteiger partial charge in [0.1, 0.15) is 0 Å². The molecule has 3 heteroatoms. The van der Waals surface area contributed by atoms with Gasteiger partial charge in [0, 0.05) is 6.54 Å². The summed E-state index contributed by atoms with van der Waals surface area (Å²) in [6.45, 7) is 8.05. The van der Waals surface area contributed by atoms with Crippen LogP contribution in [0.15, 0.2) is 0 Å². The number of amides is 1. The van der Waals surface area contributed by atoms with Gasteiger partial charge in [-0.2, -0.15) is 0 Å². The Morgan fingerprint density at radius 1 is 1.24 bits per heavy atom. The molecule has 0 aromatic rings. The molecule has 0 heterocycles. The molecule has 0 radical (unpaired) electrons. The van der Waals surface area contributed by atoms with Gasteiger partial charge in [-0.3, -0.25) is 4.79 Å². The smallest absolute Gasteiger partial charge is 0.236 e. The number of hydrogen-bond acceptors (Lipinski definition) is 2. The second-order valence-electron chi connectivity index (χ2n) is 5.73. The lowest BCUT2D eigenvalue weighted by atomic mass is 10.1. The lowest BCUT2D eigenvalue weighted by Gasteiger charge is -2.14. The van der Waals surface area contributed by atoms with Gasteiger partial charge < -0.3 is 10.6 Å². The molecule has 0 aromatic heterocycles.